The molecule has 6 N–H and O–H groups in total. The fraction of sp³-hybridized carbons (Fsp3) is 0.333. The fourth-order valence-corrected chi connectivity index (χ4v) is 4.40. The van der Waals surface area contributed by atoms with Gasteiger partial charge >= 0.3 is 148 Å². The summed E-state index contributed by atoms with van der Waals surface area (Å²) >= 11 is 5.74. The van der Waals surface area contributed by atoms with Crippen LogP contribution in [0, 0.1) is 0 Å². The van der Waals surface area contributed by atoms with Crippen molar-refractivity contribution in [3.8, 4) is 0 Å². The van der Waals surface area contributed by atoms with Crippen LogP contribution in [-0.2, 0) is 28.2 Å². The number of amides is 4. The molecule has 15 heteroatoms. The summed E-state index contributed by atoms with van der Waals surface area (Å²) < 4.78 is 9.26. The van der Waals surface area contributed by atoms with Crippen LogP contribution in [0.5, 0.6) is 0 Å². The molecule has 1 aliphatic rings. The second-order valence-electron chi connectivity index (χ2n) is 7.85. The van der Waals surface area contributed by atoms with Gasteiger partial charge in [0, 0.05) is 18.7 Å². The van der Waals surface area contributed by atoms with E-state index < -0.39 is 18.8 Å². The number of imide groups is 1. The van der Waals surface area contributed by atoms with Gasteiger partial charge in [0.2, 0.25) is 0 Å². The monoisotopic (exact) mass is 542 g/mol. The molecule has 196 valence electrons. The van der Waals surface area contributed by atoms with Crippen molar-refractivity contribution in [1.82, 2.24) is 10.3 Å². The first-order valence-corrected chi connectivity index (χ1v) is 13.9. The van der Waals surface area contributed by atoms with Gasteiger partial charge in [0.25, 0.3) is 11.8 Å². The Hall–Kier alpha value is -3.38. The van der Waals surface area contributed by atoms with Crippen molar-refractivity contribution < 1.29 is 33.0 Å². The number of carbonyl (C=O) groups is 5. The van der Waals surface area contributed by atoms with Crippen LogP contribution >= 0.6 is 18.0 Å². The van der Waals surface area contributed by atoms with Crippen LogP contribution < -0.4 is 21.8 Å². The topological polar surface area (TPSA) is 196 Å². The first-order valence-electron chi connectivity index (χ1n) is 10.8. The molecule has 2 rings (SSSR count). The Kier molecular flexibility index (Phi) is 9.65. The Morgan fingerprint density at radius 2 is 1.61 bits per heavy atom. The van der Waals surface area contributed by atoms with E-state index in [1.54, 1.807) is 19.1 Å². The van der Waals surface area contributed by atoms with Crippen molar-refractivity contribution in [2.24, 2.45) is 16.1 Å². The molecule has 0 atom stereocenters. The zero-order chi connectivity index (χ0) is 27.0. The number of hydrazone groups is 1. The van der Waals surface area contributed by atoms with Crippen molar-refractivity contribution in [1.29, 1.82) is 0 Å². The number of hydrogen-bond donors (Lipinski definition) is 4. The molecule has 0 unspecified atom stereocenters. The molecule has 0 spiro atoms. The first kappa shape index (κ1) is 28.9. The number of nitrogens with zero attached hydrogens (tertiary/aromatic N) is 2. The van der Waals surface area contributed by atoms with Crippen LogP contribution in [0.3, 0.4) is 0 Å². The molecule has 13 nitrogen and oxygen atoms in total. The number of nitrogens with two attached hydrogens (primary N) is 2. The molecule has 0 saturated carbocycles. The quantitative estimate of drug-likeness (QED) is 0.107. The molecule has 0 saturated heterocycles. The number of nitrogens with one attached hydrogen (secondary N) is 2. The van der Waals surface area contributed by atoms with Crippen molar-refractivity contribution >= 4 is 59.1 Å². The summed E-state index contributed by atoms with van der Waals surface area (Å²) in [5, 5.41) is 6.41. The molecule has 1 aromatic carbocycles. The van der Waals surface area contributed by atoms with Crippen molar-refractivity contribution in [3.63, 3.8) is 0 Å². The number of carbonyl (C=O) groups excluding carboxylic acids is 5. The number of hydrogen-bond acceptors (Lipinski definition) is 10. The van der Waals surface area contributed by atoms with Crippen molar-refractivity contribution in [2.45, 2.75) is 39.5 Å². The van der Waals surface area contributed by atoms with Gasteiger partial charge in [-0.25, -0.2) is 0 Å². The summed E-state index contributed by atoms with van der Waals surface area (Å²) in [6.45, 7) is -1.89. The summed E-state index contributed by atoms with van der Waals surface area (Å²) in [4.78, 5) is 59.2. The summed E-state index contributed by atoms with van der Waals surface area (Å²) in [7, 11) is 0. The zero-order valence-corrected chi connectivity index (χ0v) is 21.4. The second-order valence-corrected chi connectivity index (χ2v) is 12.2. The van der Waals surface area contributed by atoms with Crippen LogP contribution in [-0.4, -0.2) is 46.9 Å². The molecule has 36 heavy (non-hydrogen) atoms. The molecule has 4 amide bonds. The molecule has 0 radical (unpaired) electrons. The molecule has 1 heterocycles. The third kappa shape index (κ3) is 9.70. The molecular weight excluding hydrogens is 515 g/mol. The van der Waals surface area contributed by atoms with Crippen LogP contribution in [0.4, 0.5) is 10.5 Å². The van der Waals surface area contributed by atoms with Gasteiger partial charge in [-0.3, -0.25) is 14.5 Å². The third-order valence-electron chi connectivity index (χ3n) is 4.65. The van der Waals surface area contributed by atoms with Gasteiger partial charge in [-0.2, -0.15) is 0 Å². The molecular formula is C21H28ClN6O7P. The van der Waals surface area contributed by atoms with E-state index in [1.807, 2.05) is 0 Å². The van der Waals surface area contributed by atoms with Gasteiger partial charge in [0.05, 0.1) is 0 Å². The standard InChI is InChI=1S/C21H28ClN6O7P/c1-14(26-27-18(30)6-4-3-5-13-28-19(31)11-12-20(28)32)16-7-9-17(10-8-16)25-21(33)35-36(22,23,24)34-15(2)29/h7-12H,3-6,13,23-24H2,1-2H3,(H,25,33)(H,27,30)/b26-14+. The summed E-state index contributed by atoms with van der Waals surface area (Å²) in [5.41, 5.74) is 14.9. The number of benzene rings is 1. The number of halogens is 1. The van der Waals surface area contributed by atoms with Gasteiger partial charge in [-0.05, 0) is 12.8 Å². The molecule has 1 aromatic rings. The van der Waals surface area contributed by atoms with Crippen LogP contribution in [0.1, 0.15) is 45.1 Å². The van der Waals surface area contributed by atoms with Gasteiger partial charge in [-0.15, -0.1) is 0 Å². The van der Waals surface area contributed by atoms with E-state index in [9.17, 15) is 24.0 Å². The predicted molar refractivity (Wildman–Crippen MR) is 134 cm³/mol. The van der Waals surface area contributed by atoms with Crippen LogP contribution in [0.2, 0.25) is 0 Å². The molecule has 1 aliphatic heterocycles. The van der Waals surface area contributed by atoms with Gasteiger partial charge in [-0.1, -0.05) is 6.42 Å². The Morgan fingerprint density at radius 1 is 1.00 bits per heavy atom. The maximum atomic E-state index is 12.0. The number of anilines is 1. The summed E-state index contributed by atoms with van der Waals surface area (Å²) in [5.74, 6) is -1.81. The molecule has 0 aromatic heterocycles. The SMILES string of the molecule is CC(=O)OP(N)(N)(Cl)OC(=O)Nc1ccc(/C(C)=N/NC(=O)CCCCCN2C(=O)C=CC2=O)cc1. The number of rotatable bonds is 11. The summed E-state index contributed by atoms with van der Waals surface area (Å²) in [6.07, 6.45) is 3.47. The Bertz CT molecular complexity index is 1080. The zero-order valence-electron chi connectivity index (χ0n) is 19.7. The minimum atomic E-state index is -4.92. The molecule has 0 bridgehead atoms. The summed E-state index contributed by atoms with van der Waals surface area (Å²) in [6, 6.07) is 6.33. The van der Waals surface area contributed by atoms with E-state index in [0.717, 1.165) is 6.92 Å². The van der Waals surface area contributed by atoms with Crippen molar-refractivity contribution in [3.05, 3.63) is 42.0 Å². The second kappa shape index (κ2) is 12.0. The first-order chi connectivity index (χ1) is 16.7. The Morgan fingerprint density at radius 3 is 2.19 bits per heavy atom. The number of unbranched alkanes of at least 4 members (excludes halogenated alkanes) is 2. The maximum absolute atomic E-state index is 12.0. The van der Waals surface area contributed by atoms with Gasteiger partial charge in [0.1, 0.15) is 0 Å². The van der Waals surface area contributed by atoms with Gasteiger partial charge in [0.15, 0.2) is 0 Å². The van der Waals surface area contributed by atoms with Gasteiger partial charge < -0.3 is 0 Å². The third-order valence-corrected chi connectivity index (χ3v) is 6.20. The average Bonchev–Trinajstić information content (AvgIpc) is 3.07. The van der Waals surface area contributed by atoms with E-state index in [2.05, 4.69) is 20.4 Å². The minimum absolute atomic E-state index is 0.239. The van der Waals surface area contributed by atoms with Crippen LogP contribution in [0.15, 0.2) is 41.5 Å². The molecule has 0 aliphatic carbocycles. The van der Waals surface area contributed by atoms with E-state index >= 15 is 0 Å². The normalized spacial score (nSPS) is 14.8. The van der Waals surface area contributed by atoms with E-state index in [-0.39, 0.29) is 24.1 Å². The predicted octanol–water partition coefficient (Wildman–Crippen LogP) is 2.41. The Labute approximate surface area is 212 Å². The molecule has 0 fully saturated rings. The van der Waals surface area contributed by atoms with E-state index in [0.29, 0.717) is 42.8 Å². The van der Waals surface area contributed by atoms with Crippen molar-refractivity contribution in [2.75, 3.05) is 11.9 Å². The van der Waals surface area contributed by atoms with E-state index in [4.69, 9.17) is 26.8 Å². The fourth-order valence-electron chi connectivity index (χ4n) is 3.01. The van der Waals surface area contributed by atoms with Crippen LogP contribution in [0.25, 0.3) is 0 Å². The van der Waals surface area contributed by atoms with E-state index in [1.165, 1.54) is 29.2 Å². The average molecular weight is 543 g/mol. The Balaban J connectivity index is 1.75.